The summed E-state index contributed by atoms with van der Waals surface area (Å²) in [5.41, 5.74) is 1.89. The van der Waals surface area contributed by atoms with Crippen molar-refractivity contribution in [3.05, 3.63) is 35.4 Å². The fraction of sp³-hybridized carbons (Fsp3) is 0.533. The summed E-state index contributed by atoms with van der Waals surface area (Å²) in [6.07, 6.45) is -0.658. The minimum absolute atomic E-state index is 0.0659. The van der Waals surface area contributed by atoms with Crippen molar-refractivity contribution in [3.63, 3.8) is 0 Å². The van der Waals surface area contributed by atoms with Crippen LogP contribution in [-0.2, 0) is 4.79 Å². The summed E-state index contributed by atoms with van der Waals surface area (Å²) < 4.78 is 0. The maximum atomic E-state index is 11.7. The molecule has 1 rings (SSSR count). The molecule has 0 saturated carbocycles. The van der Waals surface area contributed by atoms with Crippen molar-refractivity contribution in [2.75, 3.05) is 20.1 Å². The molecule has 0 aliphatic carbocycles. The number of amides is 1. The highest BCUT2D eigenvalue weighted by Crippen LogP contribution is 2.16. The molecule has 0 aliphatic rings. The highest BCUT2D eigenvalue weighted by molar-refractivity contribution is 5.78. The zero-order valence-corrected chi connectivity index (χ0v) is 12.2. The molecule has 0 spiro atoms. The van der Waals surface area contributed by atoms with Crippen LogP contribution < -0.4 is 5.32 Å². The predicted octanol–water partition coefficient (Wildman–Crippen LogP) is 1.48. The van der Waals surface area contributed by atoms with Gasteiger partial charge in [-0.1, -0.05) is 24.3 Å². The maximum Gasteiger partial charge on any atom is 0.234 e. The number of likely N-dealkylation sites (N-methyl/N-ethyl adjacent to an activating group) is 1. The Hall–Kier alpha value is -1.39. The van der Waals surface area contributed by atoms with E-state index in [0.29, 0.717) is 12.6 Å². The van der Waals surface area contributed by atoms with Crippen LogP contribution in [0.3, 0.4) is 0 Å². The number of carbonyl (C=O) groups excluding carboxylic acids is 1. The average molecular weight is 264 g/mol. The van der Waals surface area contributed by atoms with Gasteiger partial charge in [-0.05, 0) is 38.9 Å². The third-order valence-electron chi connectivity index (χ3n) is 3.31. The Morgan fingerprint density at radius 2 is 2.00 bits per heavy atom. The lowest BCUT2D eigenvalue weighted by Gasteiger charge is -2.21. The van der Waals surface area contributed by atoms with E-state index in [1.165, 1.54) is 0 Å². The number of hydrogen-bond acceptors (Lipinski definition) is 3. The largest absolute Gasteiger partial charge is 0.387 e. The fourth-order valence-electron chi connectivity index (χ4n) is 1.75. The molecular weight excluding hydrogens is 240 g/mol. The first-order valence-corrected chi connectivity index (χ1v) is 6.62. The van der Waals surface area contributed by atoms with Crippen molar-refractivity contribution in [3.8, 4) is 0 Å². The molecule has 1 aromatic carbocycles. The Bertz CT molecular complexity index is 418. The third kappa shape index (κ3) is 5.01. The van der Waals surface area contributed by atoms with Crippen molar-refractivity contribution in [1.82, 2.24) is 10.2 Å². The van der Waals surface area contributed by atoms with Crippen LogP contribution in [0.5, 0.6) is 0 Å². The van der Waals surface area contributed by atoms with E-state index >= 15 is 0 Å². The SMILES string of the molecule is Cc1ccccc1C(O)CNC(=O)CN(C)C(C)C. The molecule has 4 nitrogen and oxygen atoms in total. The quantitative estimate of drug-likeness (QED) is 0.818. The van der Waals surface area contributed by atoms with Gasteiger partial charge >= 0.3 is 0 Å². The number of carbonyl (C=O) groups is 1. The monoisotopic (exact) mass is 264 g/mol. The molecule has 19 heavy (non-hydrogen) atoms. The van der Waals surface area contributed by atoms with Crippen LogP contribution in [0, 0.1) is 6.92 Å². The zero-order chi connectivity index (χ0) is 14.4. The minimum atomic E-state index is -0.658. The van der Waals surface area contributed by atoms with Crippen molar-refractivity contribution in [2.24, 2.45) is 0 Å². The second kappa shape index (κ2) is 7.26. The molecule has 0 saturated heterocycles. The van der Waals surface area contributed by atoms with Gasteiger partial charge in [-0.25, -0.2) is 0 Å². The highest BCUT2D eigenvalue weighted by Gasteiger charge is 2.13. The van der Waals surface area contributed by atoms with Crippen LogP contribution in [-0.4, -0.2) is 42.1 Å². The summed E-state index contributed by atoms with van der Waals surface area (Å²) in [5, 5.41) is 12.8. The van der Waals surface area contributed by atoms with Gasteiger partial charge in [-0.3, -0.25) is 9.69 Å². The van der Waals surface area contributed by atoms with E-state index in [-0.39, 0.29) is 12.5 Å². The van der Waals surface area contributed by atoms with Crippen LogP contribution in [0.25, 0.3) is 0 Å². The second-order valence-corrected chi connectivity index (χ2v) is 5.19. The lowest BCUT2D eigenvalue weighted by molar-refractivity contribution is -0.122. The Morgan fingerprint density at radius 3 is 2.58 bits per heavy atom. The predicted molar refractivity (Wildman–Crippen MR) is 76.9 cm³/mol. The van der Waals surface area contributed by atoms with Gasteiger partial charge in [0, 0.05) is 12.6 Å². The van der Waals surface area contributed by atoms with Gasteiger partial charge in [0.2, 0.25) is 5.91 Å². The summed E-state index contributed by atoms with van der Waals surface area (Å²) in [6, 6.07) is 7.98. The minimum Gasteiger partial charge on any atom is -0.387 e. The summed E-state index contributed by atoms with van der Waals surface area (Å²) in [5.74, 6) is -0.0659. The lowest BCUT2D eigenvalue weighted by atomic mass is 10.0. The normalized spacial score (nSPS) is 12.8. The Balaban J connectivity index is 2.44. The second-order valence-electron chi connectivity index (χ2n) is 5.19. The van der Waals surface area contributed by atoms with E-state index in [1.54, 1.807) is 0 Å². The number of aryl methyl sites for hydroxylation is 1. The van der Waals surface area contributed by atoms with Crippen LogP contribution >= 0.6 is 0 Å². The maximum absolute atomic E-state index is 11.7. The molecule has 1 aromatic rings. The number of benzene rings is 1. The van der Waals surface area contributed by atoms with Crippen LogP contribution in [0.2, 0.25) is 0 Å². The smallest absolute Gasteiger partial charge is 0.234 e. The highest BCUT2D eigenvalue weighted by atomic mass is 16.3. The molecule has 4 heteroatoms. The van der Waals surface area contributed by atoms with Crippen molar-refractivity contribution in [1.29, 1.82) is 0 Å². The summed E-state index contributed by atoms with van der Waals surface area (Å²) in [4.78, 5) is 13.7. The van der Waals surface area contributed by atoms with Gasteiger partial charge in [-0.2, -0.15) is 0 Å². The summed E-state index contributed by atoms with van der Waals surface area (Å²) >= 11 is 0. The number of hydrogen-bond donors (Lipinski definition) is 2. The Morgan fingerprint density at radius 1 is 1.37 bits per heavy atom. The van der Waals surface area contributed by atoms with Gasteiger partial charge in [0.15, 0.2) is 0 Å². The molecular formula is C15H24N2O2. The number of nitrogens with zero attached hydrogens (tertiary/aromatic N) is 1. The zero-order valence-electron chi connectivity index (χ0n) is 12.2. The molecule has 0 bridgehead atoms. The van der Waals surface area contributed by atoms with E-state index < -0.39 is 6.10 Å². The lowest BCUT2D eigenvalue weighted by Crippen LogP contribution is -2.39. The van der Waals surface area contributed by atoms with Crippen LogP contribution in [0.1, 0.15) is 31.1 Å². The Kier molecular flexibility index (Phi) is 5.99. The molecule has 0 heterocycles. The van der Waals surface area contributed by atoms with Gasteiger partial charge < -0.3 is 10.4 Å². The first-order chi connectivity index (χ1) is 8.91. The first kappa shape index (κ1) is 15.7. The molecule has 0 aliphatic heterocycles. The summed E-state index contributed by atoms with van der Waals surface area (Å²) in [7, 11) is 1.90. The third-order valence-corrected chi connectivity index (χ3v) is 3.31. The number of aliphatic hydroxyl groups is 1. The number of nitrogens with one attached hydrogen (secondary N) is 1. The van der Waals surface area contributed by atoms with Gasteiger partial charge in [0.25, 0.3) is 0 Å². The molecule has 2 N–H and O–H groups in total. The molecule has 1 amide bonds. The summed E-state index contributed by atoms with van der Waals surface area (Å²) in [6.45, 7) is 6.62. The molecule has 1 atom stereocenters. The molecule has 1 unspecified atom stereocenters. The van der Waals surface area contributed by atoms with Crippen molar-refractivity contribution >= 4 is 5.91 Å². The van der Waals surface area contributed by atoms with E-state index in [1.807, 2.05) is 57.0 Å². The van der Waals surface area contributed by atoms with Crippen molar-refractivity contribution in [2.45, 2.75) is 32.9 Å². The molecule has 106 valence electrons. The van der Waals surface area contributed by atoms with E-state index in [9.17, 15) is 9.90 Å². The first-order valence-electron chi connectivity index (χ1n) is 6.62. The van der Waals surface area contributed by atoms with Gasteiger partial charge in [-0.15, -0.1) is 0 Å². The van der Waals surface area contributed by atoms with Crippen LogP contribution in [0.4, 0.5) is 0 Å². The molecule has 0 radical (unpaired) electrons. The van der Waals surface area contributed by atoms with E-state index in [0.717, 1.165) is 11.1 Å². The molecule has 0 aromatic heterocycles. The van der Waals surface area contributed by atoms with E-state index in [2.05, 4.69) is 5.32 Å². The van der Waals surface area contributed by atoms with Crippen molar-refractivity contribution < 1.29 is 9.90 Å². The van der Waals surface area contributed by atoms with Gasteiger partial charge in [0.05, 0.1) is 12.6 Å². The molecule has 0 fully saturated rings. The standard InChI is InChI=1S/C15H24N2O2/c1-11(2)17(4)10-15(19)16-9-14(18)13-8-6-5-7-12(13)3/h5-8,11,14,18H,9-10H2,1-4H3,(H,16,19). The number of aliphatic hydroxyl groups excluding tert-OH is 1. The number of rotatable bonds is 6. The van der Waals surface area contributed by atoms with Crippen LogP contribution in [0.15, 0.2) is 24.3 Å². The average Bonchev–Trinajstić information content (AvgIpc) is 2.36. The van der Waals surface area contributed by atoms with E-state index in [4.69, 9.17) is 0 Å². The Labute approximate surface area is 115 Å². The topological polar surface area (TPSA) is 52.6 Å². The fourth-order valence-corrected chi connectivity index (χ4v) is 1.75. The van der Waals surface area contributed by atoms with Gasteiger partial charge in [0.1, 0.15) is 0 Å².